The van der Waals surface area contributed by atoms with Crippen LogP contribution in [0.25, 0.3) is 0 Å². The summed E-state index contributed by atoms with van der Waals surface area (Å²) in [5.74, 6) is -8.85. The number of carboxylic acids is 1. The Labute approximate surface area is 305 Å². The van der Waals surface area contributed by atoms with Gasteiger partial charge in [0, 0.05) is 6.54 Å². The normalized spacial score (nSPS) is 16.1. The average Bonchev–Trinajstić information content (AvgIpc) is 3.04. The highest BCUT2D eigenvalue weighted by Gasteiger charge is 2.36. The molecule has 7 amide bonds. The molecule has 0 bridgehead atoms. The SMILES string of the molecule is CC(C)C[C@H](NC(=O)[C@@H](NC(=O)[C@@H](NC(=O)[C@H](CCCN=C(N)N)NC(=O)[C@H](CO)NC(=O)[C@H](C)NC(=O)[C@@H](N)CC(N)=O)[C@@H](C)O)[C@@H](C)O)C(=O)O. The molecule has 0 unspecified atom stereocenters. The summed E-state index contributed by atoms with van der Waals surface area (Å²) in [5, 5.41) is 53.4. The Hall–Kier alpha value is -5.13. The van der Waals surface area contributed by atoms with Crippen LogP contribution in [0.5, 0.6) is 0 Å². The van der Waals surface area contributed by atoms with E-state index in [-0.39, 0.29) is 37.7 Å². The summed E-state index contributed by atoms with van der Waals surface area (Å²) < 4.78 is 0. The van der Waals surface area contributed by atoms with Crippen LogP contribution in [0, 0.1) is 5.92 Å². The maximum Gasteiger partial charge on any atom is 0.326 e. The van der Waals surface area contributed by atoms with Crippen LogP contribution in [-0.4, -0.2) is 141 Å². The van der Waals surface area contributed by atoms with Crippen LogP contribution in [0.4, 0.5) is 0 Å². The number of carbonyl (C=O) groups excluding carboxylic acids is 7. The van der Waals surface area contributed by atoms with Gasteiger partial charge in [0.15, 0.2) is 5.96 Å². The Bertz CT molecular complexity index is 1320. The molecule has 0 aliphatic rings. The lowest BCUT2D eigenvalue weighted by molar-refractivity contribution is -0.143. The van der Waals surface area contributed by atoms with E-state index in [0.717, 1.165) is 13.8 Å². The number of aliphatic carboxylic acids is 1. The molecule has 23 heteroatoms. The van der Waals surface area contributed by atoms with Gasteiger partial charge in [-0.15, -0.1) is 0 Å². The predicted molar refractivity (Wildman–Crippen MR) is 186 cm³/mol. The fourth-order valence-corrected chi connectivity index (χ4v) is 4.49. The zero-order chi connectivity index (χ0) is 41.2. The lowest BCUT2D eigenvalue weighted by Gasteiger charge is -2.29. The molecule has 53 heavy (non-hydrogen) atoms. The number of aliphatic imine (C=N–C) groups is 1. The number of nitrogens with two attached hydrogens (primary N) is 4. The Morgan fingerprint density at radius 2 is 1.11 bits per heavy atom. The molecule has 9 atom stereocenters. The van der Waals surface area contributed by atoms with E-state index in [9.17, 15) is 58.8 Å². The van der Waals surface area contributed by atoms with Crippen LogP contribution in [-0.2, 0) is 38.4 Å². The Kier molecular flexibility index (Phi) is 21.2. The molecule has 302 valence electrons. The van der Waals surface area contributed by atoms with Crippen LogP contribution in [0.1, 0.15) is 60.3 Å². The van der Waals surface area contributed by atoms with E-state index in [4.69, 9.17) is 22.9 Å². The smallest absolute Gasteiger partial charge is 0.326 e. The van der Waals surface area contributed by atoms with E-state index < -0.39 is 115 Å². The van der Waals surface area contributed by atoms with E-state index >= 15 is 0 Å². The summed E-state index contributed by atoms with van der Waals surface area (Å²) in [6.45, 7) is 5.93. The Morgan fingerprint density at radius 3 is 1.57 bits per heavy atom. The molecule has 0 fully saturated rings. The van der Waals surface area contributed by atoms with E-state index in [2.05, 4.69) is 36.9 Å². The Balaban J connectivity index is 6.02. The molecule has 0 radical (unpaired) electrons. The van der Waals surface area contributed by atoms with Gasteiger partial charge in [-0.25, -0.2) is 4.79 Å². The van der Waals surface area contributed by atoms with Crippen molar-refractivity contribution < 1.29 is 58.8 Å². The van der Waals surface area contributed by atoms with Crippen LogP contribution < -0.4 is 54.8 Å². The molecule has 0 aliphatic heterocycles. The zero-order valence-corrected chi connectivity index (χ0v) is 30.3. The number of carbonyl (C=O) groups is 8. The van der Waals surface area contributed by atoms with Gasteiger partial charge in [0.25, 0.3) is 0 Å². The van der Waals surface area contributed by atoms with Gasteiger partial charge in [0.05, 0.1) is 31.3 Å². The first-order valence-corrected chi connectivity index (χ1v) is 16.6. The number of carboxylic acid groups (broad SMARTS) is 1. The highest BCUT2D eigenvalue weighted by Crippen LogP contribution is 2.08. The summed E-state index contributed by atoms with van der Waals surface area (Å²) in [7, 11) is 0. The molecule has 23 nitrogen and oxygen atoms in total. The van der Waals surface area contributed by atoms with Crippen LogP contribution in [0.3, 0.4) is 0 Å². The number of amides is 7. The van der Waals surface area contributed by atoms with Gasteiger partial charge in [-0.05, 0) is 46.0 Å². The van der Waals surface area contributed by atoms with E-state index in [1.165, 1.54) is 6.92 Å². The largest absolute Gasteiger partial charge is 0.480 e. The molecule has 0 saturated carbocycles. The minimum Gasteiger partial charge on any atom is -0.480 e. The third-order valence-electron chi connectivity index (χ3n) is 7.35. The van der Waals surface area contributed by atoms with Gasteiger partial charge in [0.2, 0.25) is 41.4 Å². The minimum absolute atomic E-state index is 0.0170. The number of nitrogens with zero attached hydrogens (tertiary/aromatic N) is 1. The summed E-state index contributed by atoms with van der Waals surface area (Å²) in [5.41, 5.74) is 21.2. The highest BCUT2D eigenvalue weighted by molar-refractivity contribution is 5.97. The highest BCUT2D eigenvalue weighted by atomic mass is 16.4. The number of primary amides is 1. The van der Waals surface area contributed by atoms with Gasteiger partial charge in [-0.2, -0.15) is 0 Å². The van der Waals surface area contributed by atoms with Crippen LogP contribution >= 0.6 is 0 Å². The first-order valence-electron chi connectivity index (χ1n) is 16.6. The molecule has 18 N–H and O–H groups in total. The summed E-state index contributed by atoms with van der Waals surface area (Å²) in [6, 6.07) is -10.7. The van der Waals surface area contributed by atoms with Crippen LogP contribution in [0.2, 0.25) is 0 Å². The first-order chi connectivity index (χ1) is 24.5. The summed E-state index contributed by atoms with van der Waals surface area (Å²) in [4.78, 5) is 104. The van der Waals surface area contributed by atoms with E-state index in [0.29, 0.717) is 0 Å². The third kappa shape index (κ3) is 18.3. The second-order valence-corrected chi connectivity index (χ2v) is 12.7. The van der Waals surface area contributed by atoms with Gasteiger partial charge < -0.3 is 75.3 Å². The fourth-order valence-electron chi connectivity index (χ4n) is 4.49. The minimum atomic E-state index is -1.79. The van der Waals surface area contributed by atoms with Gasteiger partial charge in [-0.1, -0.05) is 13.8 Å². The second-order valence-electron chi connectivity index (χ2n) is 12.7. The topological polar surface area (TPSA) is 406 Å². The molecule has 0 rings (SSSR count). The number of rotatable bonds is 24. The van der Waals surface area contributed by atoms with Crippen molar-refractivity contribution in [2.24, 2.45) is 33.8 Å². The molecule has 0 aliphatic carbocycles. The number of hydrogen-bond donors (Lipinski definition) is 14. The molecular weight excluding hydrogens is 706 g/mol. The van der Waals surface area contributed by atoms with Gasteiger partial charge >= 0.3 is 5.97 Å². The molecule has 0 heterocycles. The second kappa shape index (κ2) is 23.4. The van der Waals surface area contributed by atoms with Gasteiger partial charge in [-0.3, -0.25) is 38.6 Å². The van der Waals surface area contributed by atoms with Crippen LogP contribution in [0.15, 0.2) is 4.99 Å². The molecule has 0 aromatic heterocycles. The summed E-state index contributed by atoms with van der Waals surface area (Å²) >= 11 is 0. The van der Waals surface area contributed by atoms with Crippen molar-refractivity contribution in [2.75, 3.05) is 13.2 Å². The molecule has 0 aromatic rings. The van der Waals surface area contributed by atoms with Crippen molar-refractivity contribution >= 4 is 53.3 Å². The van der Waals surface area contributed by atoms with E-state index in [1.807, 2.05) is 0 Å². The molecule has 0 saturated heterocycles. The van der Waals surface area contributed by atoms with Gasteiger partial charge in [0.1, 0.15) is 36.3 Å². The average molecular weight is 762 g/mol. The number of aliphatic hydroxyl groups excluding tert-OH is 3. The standard InChI is InChI=1S/C30H55N11O12/c1-12(2)9-18(29(52)53)38-27(50)21(14(4)43)41-28(51)22(15(5)44)40-25(48)17(7-6-8-35-30(33)34)37-26(49)19(11-42)39-23(46)13(3)36-24(47)16(31)10-20(32)45/h12-19,21-22,42-44H,6-11,31H2,1-5H3,(H2,32,45)(H,36,47)(H,37,49)(H,38,50)(H,39,46)(H,40,48)(H,41,51)(H,52,53)(H4,33,34,35)/t13-,14+,15+,16-,17-,18-,19-,21-,22-/m0/s1. The Morgan fingerprint density at radius 1 is 0.642 bits per heavy atom. The summed E-state index contributed by atoms with van der Waals surface area (Å²) in [6.07, 6.45) is -3.78. The van der Waals surface area contributed by atoms with Crippen molar-refractivity contribution in [1.29, 1.82) is 0 Å². The lowest BCUT2D eigenvalue weighted by atomic mass is 10.0. The lowest BCUT2D eigenvalue weighted by Crippen LogP contribution is -2.63. The number of aliphatic hydroxyl groups is 3. The molecule has 0 aromatic carbocycles. The maximum atomic E-state index is 13.5. The van der Waals surface area contributed by atoms with Crippen molar-refractivity contribution in [3.05, 3.63) is 0 Å². The quantitative estimate of drug-likeness (QED) is 0.0247. The number of hydrogen-bond acceptors (Lipinski definition) is 13. The predicted octanol–water partition coefficient (Wildman–Crippen LogP) is -6.94. The van der Waals surface area contributed by atoms with E-state index in [1.54, 1.807) is 13.8 Å². The van der Waals surface area contributed by atoms with Crippen molar-refractivity contribution in [3.8, 4) is 0 Å². The molecule has 0 spiro atoms. The fraction of sp³-hybridized carbons (Fsp3) is 0.700. The molecular formula is C30H55N11O12. The number of guanidine groups is 1. The maximum absolute atomic E-state index is 13.5. The zero-order valence-electron chi connectivity index (χ0n) is 30.3. The number of nitrogens with one attached hydrogen (secondary N) is 6. The van der Waals surface area contributed by atoms with Crippen molar-refractivity contribution in [3.63, 3.8) is 0 Å². The van der Waals surface area contributed by atoms with Crippen molar-refractivity contribution in [1.82, 2.24) is 31.9 Å². The third-order valence-corrected chi connectivity index (χ3v) is 7.35. The monoisotopic (exact) mass is 761 g/mol. The van der Waals surface area contributed by atoms with Crippen molar-refractivity contribution in [2.45, 2.75) is 115 Å². The first kappa shape index (κ1) is 47.9.